The molecule has 1 N–H and O–H groups in total. The van der Waals surface area contributed by atoms with Gasteiger partial charge in [0.25, 0.3) is 0 Å². The number of halogens is 3. The number of hydrogen-bond donors (Lipinski definition) is 1. The molecule has 1 saturated heterocycles. The van der Waals surface area contributed by atoms with Crippen LogP contribution in [-0.4, -0.2) is 30.6 Å². The first-order valence-corrected chi connectivity index (χ1v) is 8.77. The molecule has 5 heteroatoms. The molecule has 3 rings (SSSR count). The van der Waals surface area contributed by atoms with Gasteiger partial charge in [-0.3, -0.25) is 4.90 Å². The highest BCUT2D eigenvalue weighted by Gasteiger charge is 2.24. The predicted molar refractivity (Wildman–Crippen MR) is 95.4 cm³/mol. The maximum atomic E-state index is 6.04. The SMILES string of the molecule is Cl.Clc1ccc(CN2CCC(NCC3CC3)CC2)cc1Br. The molecule has 1 aromatic rings. The van der Waals surface area contributed by atoms with Crippen molar-refractivity contribution in [1.82, 2.24) is 10.2 Å². The second kappa shape index (κ2) is 8.16. The normalized spacial score (nSPS) is 20.3. The molecule has 2 aliphatic rings. The molecule has 1 aliphatic carbocycles. The third-order valence-electron chi connectivity index (χ3n) is 4.37. The van der Waals surface area contributed by atoms with E-state index in [0.29, 0.717) is 0 Å². The molecule has 0 radical (unpaired) electrons. The van der Waals surface area contributed by atoms with Gasteiger partial charge in [0, 0.05) is 17.1 Å². The lowest BCUT2D eigenvalue weighted by Gasteiger charge is -2.32. The number of nitrogens with zero attached hydrogens (tertiary/aromatic N) is 1. The van der Waals surface area contributed by atoms with Gasteiger partial charge in [0.15, 0.2) is 0 Å². The molecule has 0 bridgehead atoms. The topological polar surface area (TPSA) is 15.3 Å². The molecular formula is C16H23BrCl2N2. The molecule has 1 heterocycles. The van der Waals surface area contributed by atoms with E-state index in [9.17, 15) is 0 Å². The van der Waals surface area contributed by atoms with Crippen molar-refractivity contribution in [2.75, 3.05) is 19.6 Å². The third-order valence-corrected chi connectivity index (χ3v) is 5.58. The standard InChI is InChI=1S/C16H22BrClN2.ClH/c17-15-9-13(3-4-16(15)18)11-20-7-5-14(6-8-20)19-10-12-1-2-12;/h3-4,9,12,14,19H,1-2,5-8,10-11H2;1H. The van der Waals surface area contributed by atoms with E-state index in [-0.39, 0.29) is 12.4 Å². The summed E-state index contributed by atoms with van der Waals surface area (Å²) in [5, 5.41) is 4.52. The molecule has 1 aliphatic heterocycles. The molecule has 1 saturated carbocycles. The van der Waals surface area contributed by atoms with Gasteiger partial charge in [0.05, 0.1) is 5.02 Å². The van der Waals surface area contributed by atoms with E-state index >= 15 is 0 Å². The minimum atomic E-state index is 0. The maximum absolute atomic E-state index is 6.04. The van der Waals surface area contributed by atoms with Gasteiger partial charge in [-0.1, -0.05) is 17.7 Å². The molecule has 1 aromatic carbocycles. The Morgan fingerprint density at radius 1 is 1.19 bits per heavy atom. The van der Waals surface area contributed by atoms with Crippen LogP contribution in [-0.2, 0) is 6.54 Å². The lowest BCUT2D eigenvalue weighted by molar-refractivity contribution is 0.190. The van der Waals surface area contributed by atoms with E-state index < -0.39 is 0 Å². The van der Waals surface area contributed by atoms with Gasteiger partial charge < -0.3 is 5.32 Å². The quantitative estimate of drug-likeness (QED) is 0.792. The summed E-state index contributed by atoms with van der Waals surface area (Å²) in [6, 6.07) is 6.98. The number of hydrogen-bond acceptors (Lipinski definition) is 2. The highest BCUT2D eigenvalue weighted by atomic mass is 79.9. The van der Waals surface area contributed by atoms with Crippen LogP contribution in [0.2, 0.25) is 5.02 Å². The second-order valence-electron chi connectivity index (χ2n) is 6.15. The fraction of sp³-hybridized carbons (Fsp3) is 0.625. The summed E-state index contributed by atoms with van der Waals surface area (Å²) in [7, 11) is 0. The summed E-state index contributed by atoms with van der Waals surface area (Å²) < 4.78 is 0.998. The Morgan fingerprint density at radius 3 is 2.52 bits per heavy atom. The van der Waals surface area contributed by atoms with Crippen molar-refractivity contribution in [1.29, 1.82) is 0 Å². The molecule has 0 unspecified atom stereocenters. The van der Waals surface area contributed by atoms with Crippen molar-refractivity contribution in [2.45, 2.75) is 38.3 Å². The second-order valence-corrected chi connectivity index (χ2v) is 7.41. The summed E-state index contributed by atoms with van der Waals surface area (Å²) in [4.78, 5) is 2.55. The van der Waals surface area contributed by atoms with Crippen LogP contribution < -0.4 is 5.32 Å². The Morgan fingerprint density at radius 2 is 1.90 bits per heavy atom. The highest BCUT2D eigenvalue weighted by Crippen LogP contribution is 2.28. The highest BCUT2D eigenvalue weighted by molar-refractivity contribution is 9.10. The molecule has 21 heavy (non-hydrogen) atoms. The zero-order valence-corrected chi connectivity index (χ0v) is 15.3. The summed E-state index contributed by atoms with van der Waals surface area (Å²) in [6.45, 7) is 4.67. The Balaban J connectivity index is 0.00000161. The van der Waals surface area contributed by atoms with Crippen molar-refractivity contribution >= 4 is 39.9 Å². The zero-order chi connectivity index (χ0) is 13.9. The van der Waals surface area contributed by atoms with Gasteiger partial charge in [-0.15, -0.1) is 12.4 Å². The smallest absolute Gasteiger partial charge is 0.0548 e. The Hall–Kier alpha value is 0.200. The number of piperidine rings is 1. The Bertz CT molecular complexity index is 458. The van der Waals surface area contributed by atoms with Crippen LogP contribution in [0.3, 0.4) is 0 Å². The van der Waals surface area contributed by atoms with E-state index in [1.54, 1.807) is 0 Å². The van der Waals surface area contributed by atoms with Crippen LogP contribution in [0.4, 0.5) is 0 Å². The minimum absolute atomic E-state index is 0. The van der Waals surface area contributed by atoms with E-state index in [2.05, 4.69) is 38.3 Å². The first-order valence-electron chi connectivity index (χ1n) is 7.60. The van der Waals surface area contributed by atoms with Crippen molar-refractivity contribution in [3.05, 3.63) is 33.3 Å². The first kappa shape index (κ1) is 17.6. The lowest BCUT2D eigenvalue weighted by Crippen LogP contribution is -2.42. The Kier molecular flexibility index (Phi) is 6.82. The van der Waals surface area contributed by atoms with Crippen molar-refractivity contribution in [3.63, 3.8) is 0 Å². The van der Waals surface area contributed by atoms with Crippen molar-refractivity contribution < 1.29 is 0 Å². The first-order chi connectivity index (χ1) is 9.70. The van der Waals surface area contributed by atoms with Crippen LogP contribution in [0.1, 0.15) is 31.2 Å². The maximum Gasteiger partial charge on any atom is 0.0548 e. The van der Waals surface area contributed by atoms with Crippen LogP contribution in [0.15, 0.2) is 22.7 Å². The fourth-order valence-electron chi connectivity index (χ4n) is 2.85. The van der Waals surface area contributed by atoms with Crippen molar-refractivity contribution in [2.24, 2.45) is 5.92 Å². The van der Waals surface area contributed by atoms with Gasteiger partial charge in [-0.25, -0.2) is 0 Å². The number of nitrogens with one attached hydrogen (secondary N) is 1. The molecule has 0 atom stereocenters. The number of likely N-dealkylation sites (tertiary alicyclic amines) is 1. The zero-order valence-electron chi connectivity index (χ0n) is 12.2. The lowest BCUT2D eigenvalue weighted by atomic mass is 10.0. The van der Waals surface area contributed by atoms with Gasteiger partial charge in [-0.05, 0) is 84.9 Å². The molecule has 2 nitrogen and oxygen atoms in total. The van der Waals surface area contributed by atoms with Crippen LogP contribution >= 0.6 is 39.9 Å². The number of benzene rings is 1. The van der Waals surface area contributed by atoms with E-state index in [1.807, 2.05) is 6.07 Å². The summed E-state index contributed by atoms with van der Waals surface area (Å²) in [5.41, 5.74) is 1.34. The van der Waals surface area contributed by atoms with Gasteiger partial charge in [0.2, 0.25) is 0 Å². The summed E-state index contributed by atoms with van der Waals surface area (Å²) in [5.74, 6) is 0.986. The molecule has 0 amide bonds. The van der Waals surface area contributed by atoms with Gasteiger partial charge in [0.1, 0.15) is 0 Å². The van der Waals surface area contributed by atoms with Gasteiger partial charge in [-0.2, -0.15) is 0 Å². The molecule has 118 valence electrons. The predicted octanol–water partition coefficient (Wildman–Crippen LogP) is 4.49. The molecule has 0 aromatic heterocycles. The average Bonchev–Trinajstić information content (AvgIpc) is 3.26. The number of rotatable bonds is 5. The van der Waals surface area contributed by atoms with E-state index in [0.717, 1.165) is 28.0 Å². The van der Waals surface area contributed by atoms with E-state index in [1.165, 1.54) is 50.9 Å². The van der Waals surface area contributed by atoms with Crippen LogP contribution in [0, 0.1) is 5.92 Å². The minimum Gasteiger partial charge on any atom is -0.314 e. The summed E-state index contributed by atoms with van der Waals surface area (Å²) in [6.07, 6.45) is 5.44. The van der Waals surface area contributed by atoms with Gasteiger partial charge >= 0.3 is 0 Å². The summed E-state index contributed by atoms with van der Waals surface area (Å²) >= 11 is 9.54. The third kappa shape index (κ3) is 5.40. The van der Waals surface area contributed by atoms with E-state index in [4.69, 9.17) is 11.6 Å². The fourth-order valence-corrected chi connectivity index (χ4v) is 3.39. The van der Waals surface area contributed by atoms with Crippen LogP contribution in [0.5, 0.6) is 0 Å². The average molecular weight is 394 g/mol. The van der Waals surface area contributed by atoms with Crippen LogP contribution in [0.25, 0.3) is 0 Å². The Labute approximate surface area is 147 Å². The largest absolute Gasteiger partial charge is 0.314 e. The molecule has 0 spiro atoms. The molecular weight excluding hydrogens is 371 g/mol. The monoisotopic (exact) mass is 392 g/mol. The van der Waals surface area contributed by atoms with Crippen molar-refractivity contribution in [3.8, 4) is 0 Å². The molecule has 2 fully saturated rings.